The van der Waals surface area contributed by atoms with Crippen molar-refractivity contribution in [1.29, 1.82) is 0 Å². The van der Waals surface area contributed by atoms with Crippen LogP contribution in [0.4, 0.5) is 0 Å². The number of aryl methyl sites for hydroxylation is 3. The van der Waals surface area contributed by atoms with Crippen LogP contribution in [-0.2, 0) is 0 Å². The minimum atomic E-state index is 1.04. The maximum atomic E-state index is 4.55. The van der Waals surface area contributed by atoms with E-state index >= 15 is 0 Å². The van der Waals surface area contributed by atoms with Crippen molar-refractivity contribution in [3.8, 4) is 22.4 Å². The number of nitrogens with zero attached hydrogens (tertiary/aromatic N) is 1. The molecule has 0 aliphatic rings. The Kier molecular flexibility index (Phi) is 3.57. The van der Waals surface area contributed by atoms with Gasteiger partial charge in [0.25, 0.3) is 0 Å². The lowest BCUT2D eigenvalue weighted by molar-refractivity contribution is 1.25. The van der Waals surface area contributed by atoms with Crippen molar-refractivity contribution in [3.05, 3.63) is 77.5 Å². The van der Waals surface area contributed by atoms with E-state index in [1.54, 1.807) is 0 Å². The summed E-state index contributed by atoms with van der Waals surface area (Å²) in [5.41, 5.74) is 8.55. The molecule has 0 aliphatic carbocycles. The molecule has 0 amide bonds. The Balaban J connectivity index is 2.10. The van der Waals surface area contributed by atoms with E-state index in [2.05, 4.69) is 80.4 Å². The fraction of sp³-hybridized carbons (Fsp3) is 0.150. The molecular formula is C20H19N. The van der Waals surface area contributed by atoms with Gasteiger partial charge >= 0.3 is 0 Å². The predicted molar refractivity (Wildman–Crippen MR) is 89.3 cm³/mol. The second kappa shape index (κ2) is 5.53. The fourth-order valence-electron chi connectivity index (χ4n) is 2.65. The summed E-state index contributed by atoms with van der Waals surface area (Å²) in [7, 11) is 0. The zero-order valence-corrected chi connectivity index (χ0v) is 12.7. The molecule has 0 spiro atoms. The summed E-state index contributed by atoms with van der Waals surface area (Å²) in [6, 6.07) is 19.3. The maximum Gasteiger partial charge on any atom is 0.0704 e. The number of pyridine rings is 1. The first-order valence-corrected chi connectivity index (χ1v) is 7.25. The summed E-state index contributed by atoms with van der Waals surface area (Å²) in [5.74, 6) is 0. The van der Waals surface area contributed by atoms with Gasteiger partial charge in [0.1, 0.15) is 0 Å². The second-order valence-electron chi connectivity index (χ2n) is 5.57. The van der Waals surface area contributed by atoms with Crippen LogP contribution >= 0.6 is 0 Å². The van der Waals surface area contributed by atoms with Crippen molar-refractivity contribution >= 4 is 0 Å². The Bertz CT molecular complexity index is 756. The molecule has 0 saturated heterocycles. The quantitative estimate of drug-likeness (QED) is 0.614. The summed E-state index contributed by atoms with van der Waals surface area (Å²) in [4.78, 5) is 4.55. The number of aromatic nitrogens is 1. The molecule has 1 heterocycles. The lowest BCUT2D eigenvalue weighted by Gasteiger charge is -2.12. The molecule has 1 aromatic heterocycles. The van der Waals surface area contributed by atoms with Gasteiger partial charge in [-0.25, -0.2) is 0 Å². The zero-order chi connectivity index (χ0) is 14.8. The van der Waals surface area contributed by atoms with Crippen LogP contribution in [0.1, 0.15) is 16.7 Å². The van der Waals surface area contributed by atoms with Crippen LogP contribution in [0, 0.1) is 20.8 Å². The molecule has 0 N–H and O–H groups in total. The van der Waals surface area contributed by atoms with Crippen LogP contribution in [0.2, 0.25) is 0 Å². The van der Waals surface area contributed by atoms with E-state index in [0.717, 1.165) is 5.69 Å². The van der Waals surface area contributed by atoms with Gasteiger partial charge in [-0.1, -0.05) is 42.5 Å². The average molecular weight is 273 g/mol. The van der Waals surface area contributed by atoms with Crippen LogP contribution < -0.4 is 0 Å². The van der Waals surface area contributed by atoms with E-state index in [-0.39, 0.29) is 0 Å². The minimum Gasteiger partial charge on any atom is -0.256 e. The number of benzene rings is 2. The first-order chi connectivity index (χ1) is 10.1. The van der Waals surface area contributed by atoms with E-state index in [9.17, 15) is 0 Å². The molecule has 0 aliphatic heterocycles. The third-order valence-electron chi connectivity index (χ3n) is 3.84. The molecule has 0 fully saturated rings. The Morgan fingerprint density at radius 3 is 2.05 bits per heavy atom. The third kappa shape index (κ3) is 2.73. The Labute approximate surface area is 126 Å². The van der Waals surface area contributed by atoms with E-state index in [0.29, 0.717) is 0 Å². The number of hydrogen-bond donors (Lipinski definition) is 0. The van der Waals surface area contributed by atoms with Crippen LogP contribution in [-0.4, -0.2) is 4.98 Å². The van der Waals surface area contributed by atoms with Gasteiger partial charge in [0.15, 0.2) is 0 Å². The lowest BCUT2D eigenvalue weighted by atomic mass is 9.93. The van der Waals surface area contributed by atoms with Gasteiger partial charge in [-0.3, -0.25) is 4.98 Å². The van der Waals surface area contributed by atoms with Crippen molar-refractivity contribution in [2.75, 3.05) is 0 Å². The molecule has 0 radical (unpaired) electrons. The third-order valence-corrected chi connectivity index (χ3v) is 3.84. The normalized spacial score (nSPS) is 10.6. The molecule has 0 saturated carbocycles. The molecule has 0 atom stereocenters. The monoisotopic (exact) mass is 273 g/mol. The molecule has 3 aromatic rings. The topological polar surface area (TPSA) is 12.9 Å². The fourth-order valence-corrected chi connectivity index (χ4v) is 2.65. The van der Waals surface area contributed by atoms with Gasteiger partial charge in [0.05, 0.1) is 5.69 Å². The highest BCUT2D eigenvalue weighted by Crippen LogP contribution is 2.30. The summed E-state index contributed by atoms with van der Waals surface area (Å²) >= 11 is 0. The Morgan fingerprint density at radius 2 is 1.38 bits per heavy atom. The Morgan fingerprint density at radius 1 is 0.714 bits per heavy atom. The molecule has 21 heavy (non-hydrogen) atoms. The molecule has 2 aromatic carbocycles. The van der Waals surface area contributed by atoms with Gasteiger partial charge in [-0.05, 0) is 60.7 Å². The van der Waals surface area contributed by atoms with Crippen molar-refractivity contribution in [2.24, 2.45) is 0 Å². The zero-order valence-electron chi connectivity index (χ0n) is 12.7. The van der Waals surface area contributed by atoms with Crippen LogP contribution in [0.25, 0.3) is 22.4 Å². The number of hydrogen-bond acceptors (Lipinski definition) is 1. The molecule has 1 nitrogen and oxygen atoms in total. The molecule has 1 heteroatoms. The van der Waals surface area contributed by atoms with Crippen LogP contribution in [0.15, 0.2) is 60.8 Å². The largest absolute Gasteiger partial charge is 0.256 e. The first-order valence-electron chi connectivity index (χ1n) is 7.25. The maximum absolute atomic E-state index is 4.55. The van der Waals surface area contributed by atoms with E-state index in [1.807, 2.05) is 6.20 Å². The highest BCUT2D eigenvalue weighted by Gasteiger charge is 2.08. The summed E-state index contributed by atoms with van der Waals surface area (Å²) in [6.07, 6.45) is 1.93. The highest BCUT2D eigenvalue weighted by molar-refractivity contribution is 5.74. The second-order valence-corrected chi connectivity index (χ2v) is 5.57. The molecule has 3 rings (SSSR count). The van der Waals surface area contributed by atoms with E-state index in [4.69, 9.17) is 0 Å². The summed E-state index contributed by atoms with van der Waals surface area (Å²) < 4.78 is 0. The smallest absolute Gasteiger partial charge is 0.0704 e. The van der Waals surface area contributed by atoms with Gasteiger partial charge in [-0.15, -0.1) is 0 Å². The van der Waals surface area contributed by atoms with Crippen molar-refractivity contribution in [2.45, 2.75) is 20.8 Å². The van der Waals surface area contributed by atoms with Crippen LogP contribution in [0.3, 0.4) is 0 Å². The van der Waals surface area contributed by atoms with Crippen molar-refractivity contribution < 1.29 is 0 Å². The summed E-state index contributed by atoms with van der Waals surface area (Å²) in [6.45, 7) is 6.38. The van der Waals surface area contributed by atoms with Gasteiger partial charge in [0.2, 0.25) is 0 Å². The molecule has 0 bridgehead atoms. The van der Waals surface area contributed by atoms with Crippen LogP contribution in [0.5, 0.6) is 0 Å². The lowest BCUT2D eigenvalue weighted by Crippen LogP contribution is -1.92. The highest BCUT2D eigenvalue weighted by atomic mass is 14.7. The SMILES string of the molecule is Cc1ccc(-c2cc(C)c(-c3ccccc3)cc2C)nc1. The first kappa shape index (κ1) is 13.6. The minimum absolute atomic E-state index is 1.04. The van der Waals surface area contributed by atoms with E-state index < -0.39 is 0 Å². The van der Waals surface area contributed by atoms with Gasteiger partial charge in [0, 0.05) is 11.8 Å². The summed E-state index contributed by atoms with van der Waals surface area (Å²) in [5, 5.41) is 0. The van der Waals surface area contributed by atoms with Crippen molar-refractivity contribution in [1.82, 2.24) is 4.98 Å². The van der Waals surface area contributed by atoms with Gasteiger partial charge < -0.3 is 0 Å². The standard InChI is InChI=1S/C20H19N/c1-14-9-10-20(21-13-14)19-12-15(2)18(11-16(19)3)17-7-5-4-6-8-17/h4-13H,1-3H3. The van der Waals surface area contributed by atoms with Crippen molar-refractivity contribution in [3.63, 3.8) is 0 Å². The molecule has 104 valence electrons. The van der Waals surface area contributed by atoms with E-state index in [1.165, 1.54) is 33.4 Å². The Hall–Kier alpha value is -2.41. The molecule has 0 unspecified atom stereocenters. The van der Waals surface area contributed by atoms with Gasteiger partial charge in [-0.2, -0.15) is 0 Å². The average Bonchev–Trinajstić information content (AvgIpc) is 2.51. The molecular weight excluding hydrogens is 254 g/mol. The number of rotatable bonds is 2. The predicted octanol–water partition coefficient (Wildman–Crippen LogP) is 5.34.